The smallest absolute Gasteiger partial charge is 0.339 e. The molecule has 3 aromatic carbocycles. The second-order valence-electron chi connectivity index (χ2n) is 7.70. The summed E-state index contributed by atoms with van der Waals surface area (Å²) in [6.45, 7) is 1.84. The summed E-state index contributed by atoms with van der Waals surface area (Å²) in [5, 5.41) is 2.15. The lowest BCUT2D eigenvalue weighted by Crippen LogP contribution is -2.54. The fraction of sp³-hybridized carbons (Fsp3) is 0.0800. The minimum Gasteiger partial charge on any atom is -0.497 e. The normalized spacial score (nSPS) is 15.1. The number of hydrogen-bond donors (Lipinski definition) is 1. The Kier molecular flexibility index (Phi) is 6.95. The zero-order valence-electron chi connectivity index (χ0n) is 19.0. The molecule has 4 amide bonds. The second kappa shape index (κ2) is 9.96. The molecule has 0 aromatic heterocycles. The first kappa shape index (κ1) is 25.1. The molecular weight excluding hydrogens is 552 g/mol. The molecule has 9 nitrogen and oxygen atoms in total. The van der Waals surface area contributed by atoms with Crippen molar-refractivity contribution in [1.82, 2.24) is 5.32 Å². The van der Waals surface area contributed by atoms with E-state index in [2.05, 4.69) is 21.2 Å². The maximum atomic E-state index is 13.1. The third-order valence-electron chi connectivity index (χ3n) is 5.21. The van der Waals surface area contributed by atoms with E-state index in [4.69, 9.17) is 8.92 Å². The number of imide groups is 2. The summed E-state index contributed by atoms with van der Waals surface area (Å²) in [5.74, 6) is -1.11. The zero-order chi connectivity index (χ0) is 26.0. The predicted molar refractivity (Wildman–Crippen MR) is 135 cm³/mol. The molecular formula is C25H19BrN2O7S. The van der Waals surface area contributed by atoms with Crippen molar-refractivity contribution < 1.29 is 31.7 Å². The highest BCUT2D eigenvalue weighted by Crippen LogP contribution is 2.31. The molecule has 1 N–H and O–H groups in total. The van der Waals surface area contributed by atoms with Gasteiger partial charge >= 0.3 is 16.1 Å². The molecule has 0 unspecified atom stereocenters. The molecule has 3 aromatic rings. The number of anilines is 1. The van der Waals surface area contributed by atoms with Crippen LogP contribution in [0.1, 0.15) is 11.1 Å². The minimum atomic E-state index is -4.08. The van der Waals surface area contributed by atoms with Crippen LogP contribution in [0.4, 0.5) is 10.5 Å². The summed E-state index contributed by atoms with van der Waals surface area (Å²) >= 11 is 3.27. The van der Waals surface area contributed by atoms with Crippen LogP contribution in [0.5, 0.6) is 11.5 Å². The van der Waals surface area contributed by atoms with Gasteiger partial charge in [-0.15, -0.1) is 0 Å². The van der Waals surface area contributed by atoms with Gasteiger partial charge in [0.05, 0.1) is 17.3 Å². The van der Waals surface area contributed by atoms with E-state index in [0.717, 1.165) is 10.5 Å². The van der Waals surface area contributed by atoms with Crippen LogP contribution < -0.4 is 19.1 Å². The number of methoxy groups -OCH3 is 1. The Bertz CT molecular complexity index is 1500. The van der Waals surface area contributed by atoms with Crippen molar-refractivity contribution in [3.8, 4) is 11.5 Å². The monoisotopic (exact) mass is 570 g/mol. The lowest BCUT2D eigenvalue weighted by Gasteiger charge is -2.26. The molecule has 1 aliphatic heterocycles. The van der Waals surface area contributed by atoms with Crippen molar-refractivity contribution in [3.63, 3.8) is 0 Å². The van der Waals surface area contributed by atoms with E-state index in [9.17, 15) is 22.8 Å². The van der Waals surface area contributed by atoms with Crippen LogP contribution in [-0.4, -0.2) is 33.4 Å². The van der Waals surface area contributed by atoms with Gasteiger partial charge in [0.2, 0.25) is 0 Å². The molecule has 11 heteroatoms. The topological polar surface area (TPSA) is 119 Å². The van der Waals surface area contributed by atoms with E-state index in [1.165, 1.54) is 55.7 Å². The van der Waals surface area contributed by atoms with Crippen molar-refractivity contribution in [2.45, 2.75) is 11.8 Å². The highest BCUT2D eigenvalue weighted by molar-refractivity contribution is 9.10. The summed E-state index contributed by atoms with van der Waals surface area (Å²) in [6, 6.07) is 15.9. The molecule has 1 saturated heterocycles. The molecule has 0 radical (unpaired) electrons. The fourth-order valence-corrected chi connectivity index (χ4v) is 4.87. The number of carbonyl (C=O) groups excluding carboxylic acids is 3. The van der Waals surface area contributed by atoms with Crippen molar-refractivity contribution in [3.05, 3.63) is 87.9 Å². The standard InChI is InChI=1S/C25H19BrN2O7S/c1-15-3-10-19(11-4-15)36(32,33)35-22-12-5-16(14-21(22)26)13-20-23(29)27-25(31)28(24(20)30)17-6-8-18(34-2)9-7-17/h3-14H,1-2H3,(H,27,29,31)/b20-13+. The Morgan fingerprint density at radius 3 is 2.22 bits per heavy atom. The number of barbiturate groups is 1. The number of ether oxygens (including phenoxy) is 1. The second-order valence-corrected chi connectivity index (χ2v) is 10.1. The number of aryl methyl sites for hydroxylation is 1. The summed E-state index contributed by atoms with van der Waals surface area (Å²) in [4.78, 5) is 38.7. The van der Waals surface area contributed by atoms with E-state index < -0.39 is 28.0 Å². The number of nitrogens with zero attached hydrogens (tertiary/aromatic N) is 1. The molecule has 184 valence electrons. The number of amides is 4. The van der Waals surface area contributed by atoms with E-state index in [-0.39, 0.29) is 26.4 Å². The SMILES string of the molecule is COc1ccc(N2C(=O)NC(=O)/C(=C\c3ccc(OS(=O)(=O)c4ccc(C)cc4)c(Br)c3)C2=O)cc1. The third-order valence-corrected chi connectivity index (χ3v) is 7.08. The number of hydrogen-bond acceptors (Lipinski definition) is 7. The van der Waals surface area contributed by atoms with Gasteiger partial charge in [-0.2, -0.15) is 8.42 Å². The van der Waals surface area contributed by atoms with Gasteiger partial charge in [0.1, 0.15) is 16.2 Å². The highest BCUT2D eigenvalue weighted by Gasteiger charge is 2.36. The van der Waals surface area contributed by atoms with Crippen LogP contribution in [-0.2, 0) is 19.7 Å². The molecule has 1 aliphatic rings. The maximum absolute atomic E-state index is 13.1. The maximum Gasteiger partial charge on any atom is 0.339 e. The molecule has 0 aliphatic carbocycles. The molecule has 0 bridgehead atoms. The van der Waals surface area contributed by atoms with E-state index in [1.54, 1.807) is 24.3 Å². The minimum absolute atomic E-state index is 0.000964. The van der Waals surface area contributed by atoms with Crippen LogP contribution in [0.15, 0.2) is 81.7 Å². The summed E-state index contributed by atoms with van der Waals surface area (Å²) in [6.07, 6.45) is 1.30. The number of benzene rings is 3. The average molecular weight is 571 g/mol. The van der Waals surface area contributed by atoms with Crippen LogP contribution in [0.3, 0.4) is 0 Å². The van der Waals surface area contributed by atoms with E-state index in [0.29, 0.717) is 11.3 Å². The molecule has 36 heavy (non-hydrogen) atoms. The summed E-state index contributed by atoms with van der Waals surface area (Å²) < 4.78 is 35.8. The van der Waals surface area contributed by atoms with Gasteiger partial charge in [0.15, 0.2) is 5.75 Å². The Morgan fingerprint density at radius 2 is 1.61 bits per heavy atom. The Balaban J connectivity index is 1.60. The lowest BCUT2D eigenvalue weighted by molar-refractivity contribution is -0.122. The first-order valence-electron chi connectivity index (χ1n) is 10.5. The quantitative estimate of drug-likeness (QED) is 0.268. The number of urea groups is 1. The predicted octanol–water partition coefficient (Wildman–Crippen LogP) is 4.20. The van der Waals surface area contributed by atoms with Crippen LogP contribution in [0.2, 0.25) is 0 Å². The van der Waals surface area contributed by atoms with Crippen LogP contribution in [0, 0.1) is 6.92 Å². The van der Waals surface area contributed by atoms with Crippen LogP contribution in [0.25, 0.3) is 6.08 Å². The Labute approximate surface area is 215 Å². The van der Waals surface area contributed by atoms with Gasteiger partial charge in [0.25, 0.3) is 11.8 Å². The molecule has 1 heterocycles. The van der Waals surface area contributed by atoms with Crippen LogP contribution >= 0.6 is 15.9 Å². The third kappa shape index (κ3) is 5.16. The van der Waals surface area contributed by atoms with Gasteiger partial charge in [-0.1, -0.05) is 23.8 Å². The lowest BCUT2D eigenvalue weighted by atomic mass is 10.1. The first-order valence-corrected chi connectivity index (χ1v) is 12.7. The van der Waals surface area contributed by atoms with Gasteiger partial charge in [-0.05, 0) is 83.0 Å². The van der Waals surface area contributed by atoms with E-state index in [1.807, 2.05) is 6.92 Å². The summed E-state index contributed by atoms with van der Waals surface area (Å²) in [5.41, 5.74) is 1.27. The van der Waals surface area contributed by atoms with Crippen molar-refractivity contribution in [1.29, 1.82) is 0 Å². The Morgan fingerprint density at radius 1 is 0.944 bits per heavy atom. The van der Waals surface area contributed by atoms with Crippen molar-refractivity contribution in [2.24, 2.45) is 0 Å². The largest absolute Gasteiger partial charge is 0.497 e. The fourth-order valence-electron chi connectivity index (χ4n) is 3.34. The van der Waals surface area contributed by atoms with E-state index >= 15 is 0 Å². The molecule has 0 spiro atoms. The molecule has 4 rings (SSSR count). The van der Waals surface area contributed by atoms with Gasteiger partial charge < -0.3 is 8.92 Å². The molecule has 1 fully saturated rings. The van der Waals surface area contributed by atoms with Crippen molar-refractivity contribution in [2.75, 3.05) is 12.0 Å². The Hall–Kier alpha value is -3.96. The highest BCUT2D eigenvalue weighted by atomic mass is 79.9. The average Bonchev–Trinajstić information content (AvgIpc) is 2.84. The summed E-state index contributed by atoms with van der Waals surface area (Å²) in [7, 11) is -2.59. The van der Waals surface area contributed by atoms with Gasteiger partial charge in [-0.25, -0.2) is 9.69 Å². The number of nitrogens with one attached hydrogen (secondary N) is 1. The molecule has 0 saturated carbocycles. The number of carbonyl (C=O) groups is 3. The first-order chi connectivity index (χ1) is 17.1. The molecule has 0 atom stereocenters. The van der Waals surface area contributed by atoms with Gasteiger partial charge in [0, 0.05) is 0 Å². The van der Waals surface area contributed by atoms with Gasteiger partial charge in [-0.3, -0.25) is 14.9 Å². The number of halogens is 1. The zero-order valence-corrected chi connectivity index (χ0v) is 21.4. The number of rotatable bonds is 6. The van der Waals surface area contributed by atoms with Crippen molar-refractivity contribution >= 4 is 55.7 Å².